The number of hydrogen-bond donors (Lipinski definition) is 1. The lowest BCUT2D eigenvalue weighted by Gasteiger charge is -2.38. The van der Waals surface area contributed by atoms with Gasteiger partial charge in [-0.25, -0.2) is 14.2 Å². The average Bonchev–Trinajstić information content (AvgIpc) is 3.60. The first-order chi connectivity index (χ1) is 22.2. The van der Waals surface area contributed by atoms with Crippen molar-refractivity contribution in [2.24, 2.45) is 0 Å². The van der Waals surface area contributed by atoms with Crippen LogP contribution in [-0.2, 0) is 27.2 Å². The number of ketones is 1. The molecule has 2 amide bonds. The van der Waals surface area contributed by atoms with Crippen LogP contribution < -0.4 is 4.90 Å². The Bertz CT molecular complexity index is 1860. The molecule has 2 aliphatic heterocycles. The summed E-state index contributed by atoms with van der Waals surface area (Å²) in [5.74, 6) is -2.30. The van der Waals surface area contributed by atoms with E-state index in [9.17, 15) is 24.3 Å². The third-order valence-corrected chi connectivity index (χ3v) is 8.41. The Morgan fingerprint density at radius 1 is 1.04 bits per heavy atom. The number of carboxylic acid groups (broad SMARTS) is 1. The van der Waals surface area contributed by atoms with Gasteiger partial charge in [-0.15, -0.1) is 5.10 Å². The highest BCUT2D eigenvalue weighted by Gasteiger charge is 2.38. The number of aromatic carboxylic acids is 1. The van der Waals surface area contributed by atoms with Gasteiger partial charge in [0.2, 0.25) is 11.8 Å². The van der Waals surface area contributed by atoms with E-state index in [0.717, 1.165) is 12.8 Å². The summed E-state index contributed by atoms with van der Waals surface area (Å²) in [6, 6.07) is 9.44. The van der Waals surface area contributed by atoms with Crippen molar-refractivity contribution >= 4 is 47.1 Å². The molecule has 2 aliphatic rings. The van der Waals surface area contributed by atoms with E-state index >= 15 is 4.39 Å². The number of piperidine rings is 1. The summed E-state index contributed by atoms with van der Waals surface area (Å²) in [4.78, 5) is 59.6. The number of rotatable bonds is 8. The van der Waals surface area contributed by atoms with Crippen molar-refractivity contribution in [1.82, 2.24) is 30.1 Å². The summed E-state index contributed by atoms with van der Waals surface area (Å²) in [5.41, 5.74) is 2.13. The van der Waals surface area contributed by atoms with Crippen LogP contribution in [0.5, 0.6) is 0 Å². The van der Waals surface area contributed by atoms with E-state index in [1.54, 1.807) is 23.1 Å². The number of aromatic nitrogens is 5. The zero-order valence-electron chi connectivity index (χ0n) is 24.3. The summed E-state index contributed by atoms with van der Waals surface area (Å²) in [6.45, 7) is 0.639. The van der Waals surface area contributed by atoms with Crippen LogP contribution in [0, 0.1) is 5.82 Å². The topological polar surface area (TPSA) is 151 Å². The maximum atomic E-state index is 15.2. The molecule has 1 N–H and O–H groups in total. The van der Waals surface area contributed by atoms with Gasteiger partial charge in [-0.3, -0.25) is 19.3 Å². The number of amides is 2. The second-order valence-electron chi connectivity index (χ2n) is 10.9. The fourth-order valence-corrected chi connectivity index (χ4v) is 6.05. The first-order valence-electron chi connectivity index (χ1n) is 14.6. The van der Waals surface area contributed by atoms with Gasteiger partial charge >= 0.3 is 5.97 Å². The Hall–Kier alpha value is -5.30. The molecular weight excluding hydrogens is 617 g/mol. The molecule has 1 atom stereocenters. The van der Waals surface area contributed by atoms with E-state index in [1.165, 1.54) is 58.5 Å². The number of carboxylic acids is 1. The largest absolute Gasteiger partial charge is 0.478 e. The number of anilines is 1. The lowest BCUT2D eigenvalue weighted by molar-refractivity contribution is -0.136. The molecule has 0 radical (unpaired) electrons. The van der Waals surface area contributed by atoms with Gasteiger partial charge in [0.05, 0.1) is 16.3 Å². The van der Waals surface area contributed by atoms with Crippen molar-refractivity contribution in [2.75, 3.05) is 18.0 Å². The fourth-order valence-electron chi connectivity index (χ4n) is 5.88. The first kappa shape index (κ1) is 30.7. The molecule has 234 valence electrons. The standard InChI is InChI=1S/C32H27ClFN7O5/c33-24-9-10-25(41-18-36-37-38-41)23(29(24)34)8-11-28(44)39-16-13-22-21(12-14-35-31(22)40-15-2-1-3-27(40)43)30(39)26(42)17-19-4-6-20(7-5-19)32(45)46/h4-12,14,18,30H,1-3,13,15-17H2,(H,45,46)/b11-8+. The van der Waals surface area contributed by atoms with Crippen LogP contribution in [0.25, 0.3) is 11.8 Å². The van der Waals surface area contributed by atoms with Crippen molar-refractivity contribution < 1.29 is 28.7 Å². The molecular formula is C32H27ClFN7O5. The molecule has 6 rings (SSSR count). The lowest BCUT2D eigenvalue weighted by atomic mass is 9.88. The van der Waals surface area contributed by atoms with Gasteiger partial charge in [0.15, 0.2) is 11.6 Å². The number of carbonyl (C=O) groups is 4. The third-order valence-electron chi connectivity index (χ3n) is 8.12. The molecule has 0 aliphatic carbocycles. The van der Waals surface area contributed by atoms with Crippen LogP contribution in [0.2, 0.25) is 5.02 Å². The quantitative estimate of drug-likeness (QED) is 0.281. The number of nitrogens with zero attached hydrogens (tertiary/aromatic N) is 7. The summed E-state index contributed by atoms with van der Waals surface area (Å²) in [5, 5.41) is 20.1. The molecule has 0 spiro atoms. The smallest absolute Gasteiger partial charge is 0.335 e. The van der Waals surface area contributed by atoms with Gasteiger partial charge in [0, 0.05) is 49.3 Å². The summed E-state index contributed by atoms with van der Waals surface area (Å²) < 4.78 is 16.4. The predicted octanol–water partition coefficient (Wildman–Crippen LogP) is 4.02. The molecule has 1 fully saturated rings. The van der Waals surface area contributed by atoms with Crippen LogP contribution >= 0.6 is 11.6 Å². The van der Waals surface area contributed by atoms with E-state index in [-0.39, 0.29) is 46.5 Å². The van der Waals surface area contributed by atoms with E-state index in [0.29, 0.717) is 41.9 Å². The number of tetrazole rings is 1. The van der Waals surface area contributed by atoms with Crippen LogP contribution in [0.3, 0.4) is 0 Å². The second-order valence-corrected chi connectivity index (χ2v) is 11.3. The first-order valence-corrected chi connectivity index (χ1v) is 14.9. The minimum Gasteiger partial charge on any atom is -0.478 e. The summed E-state index contributed by atoms with van der Waals surface area (Å²) >= 11 is 6.05. The number of pyridine rings is 1. The zero-order valence-corrected chi connectivity index (χ0v) is 25.1. The Balaban J connectivity index is 1.37. The fraction of sp³-hybridized carbons (Fsp3) is 0.250. The van der Waals surface area contributed by atoms with E-state index < -0.39 is 23.7 Å². The monoisotopic (exact) mass is 643 g/mol. The van der Waals surface area contributed by atoms with E-state index in [2.05, 4.69) is 20.5 Å². The van der Waals surface area contributed by atoms with Crippen molar-refractivity contribution in [3.8, 4) is 5.69 Å². The normalized spacial score (nSPS) is 16.5. The molecule has 2 aromatic carbocycles. The maximum absolute atomic E-state index is 15.2. The van der Waals surface area contributed by atoms with Gasteiger partial charge in [-0.1, -0.05) is 23.7 Å². The van der Waals surface area contributed by atoms with Gasteiger partial charge in [-0.2, -0.15) is 4.68 Å². The maximum Gasteiger partial charge on any atom is 0.335 e. The van der Waals surface area contributed by atoms with Crippen LogP contribution in [-0.4, -0.2) is 71.9 Å². The van der Waals surface area contributed by atoms with Crippen LogP contribution in [0.15, 0.2) is 61.1 Å². The molecule has 0 bridgehead atoms. The molecule has 1 unspecified atom stereocenters. The second kappa shape index (κ2) is 13.0. The SMILES string of the molecule is O=C(O)c1ccc(CC(=O)C2c3ccnc(N4CCCCC4=O)c3CCN2C(=O)/C=C/c2c(-n3cnnn3)ccc(Cl)c2F)cc1. The summed E-state index contributed by atoms with van der Waals surface area (Å²) in [7, 11) is 0. The van der Waals surface area contributed by atoms with Gasteiger partial charge < -0.3 is 10.0 Å². The predicted molar refractivity (Wildman–Crippen MR) is 164 cm³/mol. The zero-order chi connectivity index (χ0) is 32.4. The molecule has 4 aromatic rings. The van der Waals surface area contributed by atoms with Crippen LogP contribution in [0.1, 0.15) is 57.9 Å². The van der Waals surface area contributed by atoms with E-state index in [4.69, 9.17) is 11.6 Å². The Morgan fingerprint density at radius 3 is 2.57 bits per heavy atom. The highest BCUT2D eigenvalue weighted by Crippen LogP contribution is 2.37. The van der Waals surface area contributed by atoms with Gasteiger partial charge in [-0.05, 0) is 77.2 Å². The minimum absolute atomic E-state index is 0.0259. The number of fused-ring (bicyclic) bond motifs is 1. The number of carbonyl (C=O) groups excluding carboxylic acids is 3. The van der Waals surface area contributed by atoms with Crippen molar-refractivity contribution in [1.29, 1.82) is 0 Å². The molecule has 0 saturated carbocycles. The molecule has 1 saturated heterocycles. The lowest BCUT2D eigenvalue weighted by Crippen LogP contribution is -2.44. The van der Waals surface area contributed by atoms with Crippen molar-refractivity contribution in [3.05, 3.63) is 99.7 Å². The third kappa shape index (κ3) is 6.01. The van der Waals surface area contributed by atoms with Crippen molar-refractivity contribution in [2.45, 2.75) is 38.1 Å². The number of hydrogen-bond acceptors (Lipinski definition) is 8. The highest BCUT2D eigenvalue weighted by molar-refractivity contribution is 6.31. The van der Waals surface area contributed by atoms with Gasteiger partial charge in [0.1, 0.15) is 18.2 Å². The molecule has 12 nitrogen and oxygen atoms in total. The highest BCUT2D eigenvalue weighted by atomic mass is 35.5. The van der Waals surface area contributed by atoms with Crippen molar-refractivity contribution in [3.63, 3.8) is 0 Å². The van der Waals surface area contributed by atoms with Crippen LogP contribution in [0.4, 0.5) is 10.2 Å². The minimum atomic E-state index is -1.09. The molecule has 4 heterocycles. The average molecular weight is 644 g/mol. The van der Waals surface area contributed by atoms with Gasteiger partial charge in [0.25, 0.3) is 0 Å². The van der Waals surface area contributed by atoms with E-state index in [1.807, 2.05) is 0 Å². The Morgan fingerprint density at radius 2 is 1.85 bits per heavy atom. The number of Topliss-reactive ketones (excluding diaryl/α,β-unsaturated/α-hetero) is 1. The molecule has 2 aromatic heterocycles. The summed E-state index contributed by atoms with van der Waals surface area (Å²) in [6.07, 6.45) is 7.52. The Kier molecular flexibility index (Phi) is 8.66. The molecule has 14 heteroatoms. The molecule has 46 heavy (non-hydrogen) atoms. The number of halogens is 2. The Labute approximate surface area is 267 Å². The number of benzene rings is 2.